The average molecular weight is 274 g/mol. The zero-order chi connectivity index (χ0) is 13.9. The molecule has 5 rings (SSSR count). The fourth-order valence-electron chi connectivity index (χ4n) is 5.54. The van der Waals surface area contributed by atoms with Crippen molar-refractivity contribution in [3.05, 3.63) is 18.2 Å². The van der Waals surface area contributed by atoms with Gasteiger partial charge in [-0.2, -0.15) is 0 Å². The third-order valence-electron chi connectivity index (χ3n) is 5.96. The molecule has 1 heterocycles. The molecule has 1 atom stereocenters. The van der Waals surface area contributed by atoms with Crippen molar-refractivity contribution in [3.8, 4) is 0 Å². The van der Waals surface area contributed by atoms with E-state index >= 15 is 0 Å². The molecule has 0 radical (unpaired) electrons. The van der Waals surface area contributed by atoms with Crippen LogP contribution in [0.25, 0.3) is 0 Å². The number of nitrogens with zero attached hydrogens (tertiary/aromatic N) is 2. The quantitative estimate of drug-likeness (QED) is 0.921. The van der Waals surface area contributed by atoms with Gasteiger partial charge >= 0.3 is 5.97 Å². The van der Waals surface area contributed by atoms with Gasteiger partial charge in [-0.3, -0.25) is 0 Å². The first kappa shape index (κ1) is 12.4. The Morgan fingerprint density at radius 3 is 2.35 bits per heavy atom. The standard InChI is InChI=1S/C16H22N2O2/c1-10(14(19)20)18-3-2-17-15(18)16-7-11-4-12(8-16)6-13(5-11)9-16/h2-3,10-13H,4-9H2,1H3,(H,19,20). The lowest BCUT2D eigenvalue weighted by Gasteiger charge is -2.56. The Labute approximate surface area is 119 Å². The van der Waals surface area contributed by atoms with E-state index in [1.807, 2.05) is 10.8 Å². The lowest BCUT2D eigenvalue weighted by Crippen LogP contribution is -2.50. The number of aliphatic carboxylic acids is 1. The molecule has 4 aliphatic rings. The Hall–Kier alpha value is -1.32. The van der Waals surface area contributed by atoms with E-state index in [9.17, 15) is 9.90 Å². The summed E-state index contributed by atoms with van der Waals surface area (Å²) < 4.78 is 1.91. The topological polar surface area (TPSA) is 55.1 Å². The maximum atomic E-state index is 11.3. The molecule has 0 spiro atoms. The molecule has 0 amide bonds. The highest BCUT2D eigenvalue weighted by Gasteiger charge is 2.53. The molecule has 1 N–H and O–H groups in total. The number of aromatic nitrogens is 2. The van der Waals surface area contributed by atoms with E-state index in [1.54, 1.807) is 13.1 Å². The maximum Gasteiger partial charge on any atom is 0.326 e. The zero-order valence-corrected chi connectivity index (χ0v) is 12.0. The van der Waals surface area contributed by atoms with Gasteiger partial charge in [0, 0.05) is 17.8 Å². The van der Waals surface area contributed by atoms with E-state index in [0.29, 0.717) is 0 Å². The summed E-state index contributed by atoms with van der Waals surface area (Å²) in [5.74, 6) is 2.84. The minimum Gasteiger partial charge on any atom is -0.480 e. The highest BCUT2D eigenvalue weighted by molar-refractivity contribution is 5.71. The highest BCUT2D eigenvalue weighted by atomic mass is 16.4. The van der Waals surface area contributed by atoms with E-state index in [4.69, 9.17) is 0 Å². The van der Waals surface area contributed by atoms with Crippen LogP contribution in [0.2, 0.25) is 0 Å². The molecule has 0 aromatic carbocycles. The fourth-order valence-corrected chi connectivity index (χ4v) is 5.54. The molecule has 4 aliphatic carbocycles. The molecule has 1 aromatic heterocycles. The van der Waals surface area contributed by atoms with Crippen LogP contribution in [0.5, 0.6) is 0 Å². The van der Waals surface area contributed by atoms with Gasteiger partial charge in [0.05, 0.1) is 0 Å². The lowest BCUT2D eigenvalue weighted by atomic mass is 9.49. The number of carbonyl (C=O) groups is 1. The van der Waals surface area contributed by atoms with E-state index in [0.717, 1.165) is 23.6 Å². The molecule has 0 aliphatic heterocycles. The van der Waals surface area contributed by atoms with Crippen LogP contribution >= 0.6 is 0 Å². The summed E-state index contributed by atoms with van der Waals surface area (Å²) in [6, 6.07) is -0.513. The summed E-state index contributed by atoms with van der Waals surface area (Å²) in [4.78, 5) is 15.9. The Balaban J connectivity index is 1.74. The van der Waals surface area contributed by atoms with Crippen LogP contribution in [-0.4, -0.2) is 20.6 Å². The van der Waals surface area contributed by atoms with Crippen molar-refractivity contribution in [2.45, 2.75) is 56.9 Å². The summed E-state index contributed by atoms with van der Waals surface area (Å²) in [6.45, 7) is 1.76. The normalized spacial score (nSPS) is 40.0. The van der Waals surface area contributed by atoms with Crippen LogP contribution in [-0.2, 0) is 10.2 Å². The number of hydrogen-bond acceptors (Lipinski definition) is 2. The SMILES string of the molecule is CC(C(=O)O)n1ccnc1C12CC3CC(CC(C3)C1)C2. The predicted molar refractivity (Wildman–Crippen MR) is 74.4 cm³/mol. The Kier molecular flexibility index (Phi) is 2.54. The first-order valence-electron chi connectivity index (χ1n) is 7.83. The molecule has 108 valence electrons. The third-order valence-corrected chi connectivity index (χ3v) is 5.96. The van der Waals surface area contributed by atoms with Crippen molar-refractivity contribution in [3.63, 3.8) is 0 Å². The number of imidazole rings is 1. The van der Waals surface area contributed by atoms with Gasteiger partial charge in [0.1, 0.15) is 11.9 Å². The van der Waals surface area contributed by atoms with E-state index in [-0.39, 0.29) is 5.41 Å². The van der Waals surface area contributed by atoms with Gasteiger partial charge in [-0.1, -0.05) is 0 Å². The van der Waals surface area contributed by atoms with Gasteiger partial charge in [0.2, 0.25) is 0 Å². The van der Waals surface area contributed by atoms with Crippen molar-refractivity contribution in [1.82, 2.24) is 9.55 Å². The fraction of sp³-hybridized carbons (Fsp3) is 0.750. The van der Waals surface area contributed by atoms with Crippen molar-refractivity contribution >= 4 is 5.97 Å². The first-order valence-corrected chi connectivity index (χ1v) is 7.83. The van der Waals surface area contributed by atoms with Crippen molar-refractivity contribution < 1.29 is 9.90 Å². The molecule has 4 saturated carbocycles. The summed E-state index contributed by atoms with van der Waals surface area (Å²) in [7, 11) is 0. The molecule has 1 aromatic rings. The smallest absolute Gasteiger partial charge is 0.326 e. The second-order valence-corrected chi connectivity index (χ2v) is 7.37. The highest BCUT2D eigenvalue weighted by Crippen LogP contribution is 2.60. The van der Waals surface area contributed by atoms with Crippen LogP contribution in [0.15, 0.2) is 12.4 Å². The molecule has 4 nitrogen and oxygen atoms in total. The van der Waals surface area contributed by atoms with E-state index in [1.165, 1.54) is 38.5 Å². The summed E-state index contributed by atoms with van der Waals surface area (Å²) in [5, 5.41) is 9.31. The number of rotatable bonds is 3. The molecule has 4 fully saturated rings. The summed E-state index contributed by atoms with van der Waals surface area (Å²) in [5.41, 5.74) is 0.169. The molecular weight excluding hydrogens is 252 g/mol. The van der Waals surface area contributed by atoms with Gasteiger partial charge in [-0.05, 0) is 63.2 Å². The summed E-state index contributed by atoms with van der Waals surface area (Å²) >= 11 is 0. The van der Waals surface area contributed by atoms with Crippen molar-refractivity contribution in [1.29, 1.82) is 0 Å². The van der Waals surface area contributed by atoms with Crippen LogP contribution < -0.4 is 0 Å². The second-order valence-electron chi connectivity index (χ2n) is 7.37. The molecule has 20 heavy (non-hydrogen) atoms. The molecular formula is C16H22N2O2. The Morgan fingerprint density at radius 2 is 1.85 bits per heavy atom. The monoisotopic (exact) mass is 274 g/mol. The molecule has 4 heteroatoms. The van der Waals surface area contributed by atoms with Gasteiger partial charge in [0.15, 0.2) is 0 Å². The number of carboxylic acids is 1. The number of carboxylic acid groups (broad SMARTS) is 1. The second kappa shape index (κ2) is 4.09. The van der Waals surface area contributed by atoms with Gasteiger partial charge < -0.3 is 9.67 Å². The van der Waals surface area contributed by atoms with Gasteiger partial charge in [-0.15, -0.1) is 0 Å². The molecule has 0 saturated heterocycles. The minimum absolute atomic E-state index is 0.169. The van der Waals surface area contributed by atoms with E-state index < -0.39 is 12.0 Å². The minimum atomic E-state index is -0.769. The largest absolute Gasteiger partial charge is 0.480 e. The lowest BCUT2D eigenvalue weighted by molar-refractivity contribution is -0.140. The van der Waals surface area contributed by atoms with Gasteiger partial charge in [0.25, 0.3) is 0 Å². The molecule has 1 unspecified atom stereocenters. The van der Waals surface area contributed by atoms with Crippen LogP contribution in [0, 0.1) is 17.8 Å². The Bertz CT molecular complexity index is 513. The first-order chi connectivity index (χ1) is 9.57. The third kappa shape index (κ3) is 1.66. The van der Waals surface area contributed by atoms with Crippen LogP contribution in [0.4, 0.5) is 0 Å². The average Bonchev–Trinajstić information content (AvgIpc) is 2.85. The zero-order valence-electron chi connectivity index (χ0n) is 12.0. The van der Waals surface area contributed by atoms with Crippen molar-refractivity contribution in [2.24, 2.45) is 17.8 Å². The van der Waals surface area contributed by atoms with Crippen LogP contribution in [0.1, 0.15) is 57.3 Å². The van der Waals surface area contributed by atoms with E-state index in [2.05, 4.69) is 4.98 Å². The summed E-state index contributed by atoms with van der Waals surface area (Å²) in [6.07, 6.45) is 11.5. The number of hydrogen-bond donors (Lipinski definition) is 1. The van der Waals surface area contributed by atoms with Crippen molar-refractivity contribution in [2.75, 3.05) is 0 Å². The van der Waals surface area contributed by atoms with Gasteiger partial charge in [-0.25, -0.2) is 9.78 Å². The predicted octanol–water partition coefficient (Wildman–Crippen LogP) is 3.00. The maximum absolute atomic E-state index is 11.3. The molecule has 4 bridgehead atoms. The van der Waals surface area contributed by atoms with Crippen LogP contribution in [0.3, 0.4) is 0 Å². The Morgan fingerprint density at radius 1 is 1.30 bits per heavy atom.